The molecule has 1 aromatic carbocycles. The van der Waals surface area contributed by atoms with E-state index >= 15 is 0 Å². The van der Waals surface area contributed by atoms with E-state index in [0.717, 1.165) is 18.5 Å². The Morgan fingerprint density at radius 2 is 1.95 bits per heavy atom. The van der Waals surface area contributed by atoms with Crippen LogP contribution in [0, 0.1) is 5.92 Å². The third-order valence-electron chi connectivity index (χ3n) is 3.04. The first-order valence-corrected chi connectivity index (χ1v) is 6.98. The summed E-state index contributed by atoms with van der Waals surface area (Å²) in [5.74, 6) is 1.05. The first-order chi connectivity index (χ1) is 9.56. The van der Waals surface area contributed by atoms with Crippen molar-refractivity contribution in [3.05, 3.63) is 23.8 Å². The molecule has 0 spiro atoms. The molecule has 0 amide bonds. The van der Waals surface area contributed by atoms with E-state index in [1.807, 2.05) is 0 Å². The maximum Gasteiger partial charge on any atom is 0.387 e. The zero-order valence-corrected chi connectivity index (χ0v) is 12.3. The standard InChI is InChI=1S/C15H23F2NO2/c1-4-11(3)9-18-10-12-6-7-13(20-15(16)17)14(8-12)19-5-2/h6-8,11,15,18H,4-5,9-10H2,1-3H3. The summed E-state index contributed by atoms with van der Waals surface area (Å²) in [7, 11) is 0. The van der Waals surface area contributed by atoms with Crippen LogP contribution in [0.1, 0.15) is 32.8 Å². The van der Waals surface area contributed by atoms with E-state index in [9.17, 15) is 8.78 Å². The van der Waals surface area contributed by atoms with Crippen molar-refractivity contribution in [1.82, 2.24) is 5.32 Å². The van der Waals surface area contributed by atoms with Crippen molar-refractivity contribution in [1.29, 1.82) is 0 Å². The van der Waals surface area contributed by atoms with Crippen molar-refractivity contribution < 1.29 is 18.3 Å². The molecule has 1 N–H and O–H groups in total. The van der Waals surface area contributed by atoms with Crippen molar-refractivity contribution in [3.63, 3.8) is 0 Å². The van der Waals surface area contributed by atoms with Crippen molar-refractivity contribution in [3.8, 4) is 11.5 Å². The number of rotatable bonds is 9. The van der Waals surface area contributed by atoms with Gasteiger partial charge >= 0.3 is 6.61 Å². The molecule has 0 radical (unpaired) electrons. The van der Waals surface area contributed by atoms with Gasteiger partial charge in [0, 0.05) is 6.54 Å². The number of nitrogens with one attached hydrogen (secondary N) is 1. The Balaban J connectivity index is 2.66. The Morgan fingerprint density at radius 3 is 2.55 bits per heavy atom. The summed E-state index contributed by atoms with van der Waals surface area (Å²) in [4.78, 5) is 0. The third-order valence-corrected chi connectivity index (χ3v) is 3.04. The normalized spacial score (nSPS) is 12.5. The molecule has 3 nitrogen and oxygen atoms in total. The van der Waals surface area contributed by atoms with Crippen LogP contribution in [0.3, 0.4) is 0 Å². The van der Waals surface area contributed by atoms with Crippen LogP contribution in [0.5, 0.6) is 11.5 Å². The van der Waals surface area contributed by atoms with E-state index in [1.54, 1.807) is 19.1 Å². The van der Waals surface area contributed by atoms with Gasteiger partial charge in [-0.05, 0) is 37.1 Å². The highest BCUT2D eigenvalue weighted by atomic mass is 19.3. The van der Waals surface area contributed by atoms with Crippen LogP contribution in [0.4, 0.5) is 8.78 Å². The maximum atomic E-state index is 12.3. The van der Waals surface area contributed by atoms with E-state index in [-0.39, 0.29) is 5.75 Å². The molecular formula is C15H23F2NO2. The smallest absolute Gasteiger partial charge is 0.387 e. The van der Waals surface area contributed by atoms with Gasteiger partial charge in [-0.3, -0.25) is 0 Å². The SMILES string of the molecule is CCOc1cc(CNCC(C)CC)ccc1OC(F)F. The van der Waals surface area contributed by atoms with Crippen LogP contribution in [-0.4, -0.2) is 19.8 Å². The summed E-state index contributed by atoms with van der Waals surface area (Å²) in [6, 6.07) is 5.03. The van der Waals surface area contributed by atoms with E-state index < -0.39 is 6.61 Å². The monoisotopic (exact) mass is 287 g/mol. The molecule has 1 rings (SSSR count). The van der Waals surface area contributed by atoms with Crippen LogP contribution in [0.15, 0.2) is 18.2 Å². The molecule has 0 aliphatic rings. The maximum absolute atomic E-state index is 12.3. The summed E-state index contributed by atoms with van der Waals surface area (Å²) in [5, 5.41) is 3.34. The van der Waals surface area contributed by atoms with E-state index in [1.165, 1.54) is 6.07 Å². The van der Waals surface area contributed by atoms with Gasteiger partial charge < -0.3 is 14.8 Å². The zero-order chi connectivity index (χ0) is 15.0. The number of ether oxygens (including phenoxy) is 2. The highest BCUT2D eigenvalue weighted by Gasteiger charge is 2.11. The van der Waals surface area contributed by atoms with Crippen molar-refractivity contribution in [2.75, 3.05) is 13.2 Å². The van der Waals surface area contributed by atoms with E-state index in [2.05, 4.69) is 23.9 Å². The van der Waals surface area contributed by atoms with Crippen LogP contribution in [-0.2, 0) is 6.54 Å². The second-order valence-corrected chi connectivity index (χ2v) is 4.74. The van der Waals surface area contributed by atoms with Crippen molar-refractivity contribution in [2.24, 2.45) is 5.92 Å². The average molecular weight is 287 g/mol. The fourth-order valence-corrected chi connectivity index (χ4v) is 1.73. The predicted molar refractivity (Wildman–Crippen MR) is 75.4 cm³/mol. The van der Waals surface area contributed by atoms with Gasteiger partial charge in [0.05, 0.1) is 6.61 Å². The molecule has 0 saturated heterocycles. The molecular weight excluding hydrogens is 264 g/mol. The minimum absolute atomic E-state index is 0.0764. The molecule has 0 saturated carbocycles. The number of hydrogen-bond acceptors (Lipinski definition) is 3. The summed E-state index contributed by atoms with van der Waals surface area (Å²) in [5.41, 5.74) is 0.985. The lowest BCUT2D eigenvalue weighted by atomic mass is 10.1. The van der Waals surface area contributed by atoms with Gasteiger partial charge in [-0.2, -0.15) is 8.78 Å². The Labute approximate surface area is 119 Å². The Morgan fingerprint density at radius 1 is 1.20 bits per heavy atom. The Kier molecular flexibility index (Phi) is 7.30. The Hall–Kier alpha value is -1.36. The third kappa shape index (κ3) is 5.74. The van der Waals surface area contributed by atoms with Crippen LogP contribution in [0.25, 0.3) is 0 Å². The fourth-order valence-electron chi connectivity index (χ4n) is 1.73. The molecule has 0 heterocycles. The second kappa shape index (κ2) is 8.74. The van der Waals surface area contributed by atoms with Gasteiger partial charge in [0.25, 0.3) is 0 Å². The number of hydrogen-bond donors (Lipinski definition) is 1. The number of benzene rings is 1. The molecule has 5 heteroatoms. The second-order valence-electron chi connectivity index (χ2n) is 4.74. The summed E-state index contributed by atoms with van der Waals surface area (Å²) in [6.07, 6.45) is 1.12. The lowest BCUT2D eigenvalue weighted by molar-refractivity contribution is -0.0514. The topological polar surface area (TPSA) is 30.5 Å². The summed E-state index contributed by atoms with van der Waals surface area (Å²) in [6.45, 7) is 5.30. The minimum atomic E-state index is -2.84. The van der Waals surface area contributed by atoms with Gasteiger partial charge in [-0.15, -0.1) is 0 Å². The zero-order valence-electron chi connectivity index (χ0n) is 12.3. The van der Waals surface area contributed by atoms with Crippen LogP contribution < -0.4 is 14.8 Å². The fraction of sp³-hybridized carbons (Fsp3) is 0.600. The first kappa shape index (κ1) is 16.7. The van der Waals surface area contributed by atoms with Crippen molar-refractivity contribution >= 4 is 0 Å². The number of alkyl halides is 2. The van der Waals surface area contributed by atoms with Gasteiger partial charge in [-0.25, -0.2) is 0 Å². The highest BCUT2D eigenvalue weighted by Crippen LogP contribution is 2.29. The molecule has 0 aliphatic carbocycles. The Bertz CT molecular complexity index is 399. The van der Waals surface area contributed by atoms with Crippen LogP contribution in [0.2, 0.25) is 0 Å². The lowest BCUT2D eigenvalue weighted by Crippen LogP contribution is -2.20. The van der Waals surface area contributed by atoms with Gasteiger partial charge in [0.15, 0.2) is 11.5 Å². The average Bonchev–Trinajstić information content (AvgIpc) is 2.41. The molecule has 114 valence electrons. The molecule has 1 aromatic rings. The molecule has 0 aromatic heterocycles. The molecule has 20 heavy (non-hydrogen) atoms. The quantitative estimate of drug-likeness (QED) is 0.749. The lowest BCUT2D eigenvalue weighted by Gasteiger charge is -2.14. The first-order valence-electron chi connectivity index (χ1n) is 6.98. The van der Waals surface area contributed by atoms with Gasteiger partial charge in [0.1, 0.15) is 0 Å². The molecule has 1 unspecified atom stereocenters. The molecule has 0 fully saturated rings. The van der Waals surface area contributed by atoms with E-state index in [4.69, 9.17) is 4.74 Å². The molecule has 1 atom stereocenters. The molecule has 0 aliphatic heterocycles. The minimum Gasteiger partial charge on any atom is -0.490 e. The van der Waals surface area contributed by atoms with E-state index in [0.29, 0.717) is 24.8 Å². The van der Waals surface area contributed by atoms with Gasteiger partial charge in [-0.1, -0.05) is 26.3 Å². The summed E-state index contributed by atoms with van der Waals surface area (Å²) >= 11 is 0. The largest absolute Gasteiger partial charge is 0.490 e. The van der Waals surface area contributed by atoms with Gasteiger partial charge in [0.2, 0.25) is 0 Å². The highest BCUT2D eigenvalue weighted by molar-refractivity contribution is 5.43. The van der Waals surface area contributed by atoms with Crippen LogP contribution >= 0.6 is 0 Å². The number of halogens is 2. The van der Waals surface area contributed by atoms with Crippen molar-refractivity contribution in [2.45, 2.75) is 40.3 Å². The predicted octanol–water partition coefficient (Wildman–Crippen LogP) is 3.82. The molecule has 0 bridgehead atoms. The summed E-state index contributed by atoms with van der Waals surface area (Å²) < 4.78 is 34.3.